The van der Waals surface area contributed by atoms with Gasteiger partial charge in [0, 0.05) is 17.0 Å². The molecule has 0 bridgehead atoms. The van der Waals surface area contributed by atoms with Gasteiger partial charge in [-0.2, -0.15) is 0 Å². The standard InChI is InChI=1S/C13H16ClFN2O.ClH/c14-9-4-5-12(11(15)7-9)17-13(18)8-2-1-3-10(16)6-8;/h4-5,7-8,10H,1-3,6,16H2,(H,17,18);1H. The molecule has 1 aliphatic carbocycles. The molecule has 2 atom stereocenters. The molecule has 2 rings (SSSR count). The summed E-state index contributed by atoms with van der Waals surface area (Å²) in [6.07, 6.45) is 3.39. The topological polar surface area (TPSA) is 55.1 Å². The number of anilines is 1. The van der Waals surface area contributed by atoms with Crippen LogP contribution in [0.15, 0.2) is 18.2 Å². The molecule has 0 spiro atoms. The number of amides is 1. The van der Waals surface area contributed by atoms with Crippen LogP contribution < -0.4 is 11.1 Å². The molecule has 1 aliphatic rings. The molecular weight excluding hydrogens is 290 g/mol. The van der Waals surface area contributed by atoms with Crippen molar-refractivity contribution in [3.63, 3.8) is 0 Å². The van der Waals surface area contributed by atoms with Crippen molar-refractivity contribution < 1.29 is 9.18 Å². The molecule has 0 aromatic heterocycles. The molecule has 1 amide bonds. The van der Waals surface area contributed by atoms with Crippen LogP contribution in [0.2, 0.25) is 5.02 Å². The Balaban J connectivity index is 0.00000180. The smallest absolute Gasteiger partial charge is 0.227 e. The molecule has 0 aliphatic heterocycles. The van der Waals surface area contributed by atoms with Gasteiger partial charge in [0.05, 0.1) is 5.69 Å². The number of carbonyl (C=O) groups excluding carboxylic acids is 1. The SMILES string of the molecule is Cl.NC1CCCC(C(=O)Nc2ccc(Cl)cc2F)C1. The molecule has 2 unspecified atom stereocenters. The van der Waals surface area contributed by atoms with Crippen molar-refractivity contribution in [2.45, 2.75) is 31.7 Å². The molecule has 1 aromatic carbocycles. The van der Waals surface area contributed by atoms with Gasteiger partial charge in [0.25, 0.3) is 0 Å². The molecule has 19 heavy (non-hydrogen) atoms. The van der Waals surface area contributed by atoms with Crippen molar-refractivity contribution in [1.82, 2.24) is 0 Å². The van der Waals surface area contributed by atoms with E-state index < -0.39 is 5.82 Å². The molecular formula is C13H17Cl2FN2O. The van der Waals surface area contributed by atoms with E-state index in [9.17, 15) is 9.18 Å². The Morgan fingerprint density at radius 1 is 1.42 bits per heavy atom. The first-order valence-electron chi connectivity index (χ1n) is 6.08. The lowest BCUT2D eigenvalue weighted by Crippen LogP contribution is -2.34. The van der Waals surface area contributed by atoms with Gasteiger partial charge >= 0.3 is 0 Å². The number of halogens is 3. The molecule has 0 heterocycles. The zero-order chi connectivity index (χ0) is 13.1. The van der Waals surface area contributed by atoms with Crippen molar-refractivity contribution >= 4 is 35.6 Å². The van der Waals surface area contributed by atoms with Crippen LogP contribution in [0.4, 0.5) is 10.1 Å². The van der Waals surface area contributed by atoms with Gasteiger partial charge in [-0.15, -0.1) is 12.4 Å². The molecule has 1 fully saturated rings. The van der Waals surface area contributed by atoms with Crippen LogP contribution in [0, 0.1) is 11.7 Å². The highest BCUT2D eigenvalue weighted by molar-refractivity contribution is 6.30. The molecule has 3 nitrogen and oxygen atoms in total. The van der Waals surface area contributed by atoms with E-state index in [2.05, 4.69) is 5.32 Å². The van der Waals surface area contributed by atoms with Crippen molar-refractivity contribution in [3.05, 3.63) is 29.0 Å². The second kappa shape index (κ2) is 7.08. The maximum Gasteiger partial charge on any atom is 0.227 e. The third kappa shape index (κ3) is 4.34. The van der Waals surface area contributed by atoms with Gasteiger partial charge in [0.1, 0.15) is 5.82 Å². The summed E-state index contributed by atoms with van der Waals surface area (Å²) in [7, 11) is 0. The molecule has 106 valence electrons. The van der Waals surface area contributed by atoms with Gasteiger partial charge in [0.2, 0.25) is 5.91 Å². The van der Waals surface area contributed by atoms with E-state index in [0.29, 0.717) is 11.4 Å². The number of nitrogens with one attached hydrogen (secondary N) is 1. The fourth-order valence-electron chi connectivity index (χ4n) is 2.29. The summed E-state index contributed by atoms with van der Waals surface area (Å²) in [6.45, 7) is 0. The van der Waals surface area contributed by atoms with E-state index in [1.54, 1.807) is 6.07 Å². The average molecular weight is 307 g/mol. The van der Waals surface area contributed by atoms with E-state index >= 15 is 0 Å². The van der Waals surface area contributed by atoms with Crippen LogP contribution in [0.5, 0.6) is 0 Å². The Kier molecular flexibility index (Phi) is 6.04. The fourth-order valence-corrected chi connectivity index (χ4v) is 2.45. The predicted molar refractivity (Wildman–Crippen MR) is 77.2 cm³/mol. The highest BCUT2D eigenvalue weighted by Crippen LogP contribution is 2.25. The lowest BCUT2D eigenvalue weighted by atomic mass is 9.85. The first-order valence-corrected chi connectivity index (χ1v) is 6.45. The van der Waals surface area contributed by atoms with Gasteiger partial charge in [-0.1, -0.05) is 18.0 Å². The number of rotatable bonds is 2. The van der Waals surface area contributed by atoms with E-state index in [1.807, 2.05) is 0 Å². The zero-order valence-electron chi connectivity index (χ0n) is 10.4. The Morgan fingerprint density at radius 2 is 2.16 bits per heavy atom. The van der Waals surface area contributed by atoms with E-state index in [1.165, 1.54) is 12.1 Å². The minimum Gasteiger partial charge on any atom is -0.328 e. The van der Waals surface area contributed by atoms with Crippen molar-refractivity contribution in [1.29, 1.82) is 0 Å². The number of benzene rings is 1. The van der Waals surface area contributed by atoms with Gasteiger partial charge in [-0.05, 0) is 37.5 Å². The average Bonchev–Trinajstić information content (AvgIpc) is 2.32. The van der Waals surface area contributed by atoms with E-state index in [0.717, 1.165) is 19.3 Å². The zero-order valence-corrected chi connectivity index (χ0v) is 11.9. The van der Waals surface area contributed by atoms with Crippen LogP contribution in [-0.4, -0.2) is 11.9 Å². The highest BCUT2D eigenvalue weighted by atomic mass is 35.5. The fraction of sp³-hybridized carbons (Fsp3) is 0.462. The summed E-state index contributed by atoms with van der Waals surface area (Å²) in [6, 6.07) is 4.28. The van der Waals surface area contributed by atoms with Crippen LogP contribution in [0.3, 0.4) is 0 Å². The van der Waals surface area contributed by atoms with E-state index in [4.69, 9.17) is 17.3 Å². The van der Waals surface area contributed by atoms with Crippen molar-refractivity contribution in [2.75, 3.05) is 5.32 Å². The van der Waals surface area contributed by atoms with Gasteiger partial charge < -0.3 is 11.1 Å². The largest absolute Gasteiger partial charge is 0.328 e. The number of hydrogen-bond acceptors (Lipinski definition) is 2. The molecule has 0 saturated heterocycles. The second-order valence-electron chi connectivity index (χ2n) is 4.74. The second-order valence-corrected chi connectivity index (χ2v) is 5.17. The van der Waals surface area contributed by atoms with Crippen molar-refractivity contribution in [3.8, 4) is 0 Å². The lowest BCUT2D eigenvalue weighted by molar-refractivity contribution is -0.120. The Morgan fingerprint density at radius 3 is 2.79 bits per heavy atom. The lowest BCUT2D eigenvalue weighted by Gasteiger charge is -2.25. The van der Waals surface area contributed by atoms with Crippen LogP contribution >= 0.6 is 24.0 Å². The molecule has 0 radical (unpaired) electrons. The summed E-state index contributed by atoms with van der Waals surface area (Å²) in [5, 5.41) is 2.91. The molecule has 3 N–H and O–H groups in total. The summed E-state index contributed by atoms with van der Waals surface area (Å²) in [5.74, 6) is -0.800. The van der Waals surface area contributed by atoms with E-state index in [-0.39, 0.29) is 36.0 Å². The first-order chi connectivity index (χ1) is 8.56. The Labute approximate surface area is 123 Å². The summed E-state index contributed by atoms with van der Waals surface area (Å²) in [4.78, 5) is 12.0. The number of carbonyl (C=O) groups is 1. The van der Waals surface area contributed by atoms with Crippen LogP contribution in [-0.2, 0) is 4.79 Å². The normalized spacial score (nSPS) is 22.5. The minimum atomic E-state index is -0.518. The molecule has 6 heteroatoms. The third-order valence-electron chi connectivity index (χ3n) is 3.27. The van der Waals surface area contributed by atoms with Crippen LogP contribution in [0.1, 0.15) is 25.7 Å². The molecule has 1 aromatic rings. The Bertz CT molecular complexity index is 456. The summed E-state index contributed by atoms with van der Waals surface area (Å²) in [5.41, 5.74) is 6.00. The highest BCUT2D eigenvalue weighted by Gasteiger charge is 2.25. The van der Waals surface area contributed by atoms with Gasteiger partial charge in [-0.25, -0.2) is 4.39 Å². The first kappa shape index (κ1) is 16.2. The van der Waals surface area contributed by atoms with Gasteiger partial charge in [-0.3, -0.25) is 4.79 Å². The molecule has 1 saturated carbocycles. The monoisotopic (exact) mass is 306 g/mol. The Hall–Kier alpha value is -0.840. The summed E-state index contributed by atoms with van der Waals surface area (Å²) >= 11 is 5.65. The van der Waals surface area contributed by atoms with Gasteiger partial charge in [0.15, 0.2) is 0 Å². The predicted octanol–water partition coefficient (Wildman–Crippen LogP) is 3.36. The maximum absolute atomic E-state index is 13.5. The van der Waals surface area contributed by atoms with Crippen LogP contribution in [0.25, 0.3) is 0 Å². The third-order valence-corrected chi connectivity index (χ3v) is 3.51. The quantitative estimate of drug-likeness (QED) is 0.880. The maximum atomic E-state index is 13.5. The summed E-state index contributed by atoms with van der Waals surface area (Å²) < 4.78 is 13.5. The number of nitrogens with two attached hydrogens (primary N) is 1. The minimum absolute atomic E-state index is 0. The number of hydrogen-bond donors (Lipinski definition) is 2. The van der Waals surface area contributed by atoms with Crippen molar-refractivity contribution in [2.24, 2.45) is 11.7 Å².